The molecule has 16 heavy (non-hydrogen) atoms. The fraction of sp³-hybridized carbons (Fsp3) is 0.667. The summed E-state index contributed by atoms with van der Waals surface area (Å²) in [6, 6.07) is 0. The molecule has 2 unspecified atom stereocenters. The minimum Gasteiger partial charge on any atom is -0.481 e. The van der Waals surface area contributed by atoms with Crippen molar-refractivity contribution in [3.05, 3.63) is 0 Å². The minimum absolute atomic E-state index is 0.0326. The lowest BCUT2D eigenvalue weighted by Gasteiger charge is -2.18. The van der Waals surface area contributed by atoms with E-state index in [1.165, 1.54) is 4.90 Å². The number of β-amino-alcohol motifs (C(OH)–C–C–N with tert-alkyl or cyclic N) is 1. The van der Waals surface area contributed by atoms with Crippen LogP contribution in [0, 0.1) is 5.92 Å². The third-order valence-corrected chi connectivity index (χ3v) is 2.41. The molecule has 0 radical (unpaired) electrons. The third kappa shape index (κ3) is 3.20. The van der Waals surface area contributed by atoms with E-state index in [9.17, 15) is 19.5 Å². The Morgan fingerprint density at radius 3 is 2.50 bits per heavy atom. The van der Waals surface area contributed by atoms with Crippen LogP contribution in [0.1, 0.15) is 12.8 Å². The molecule has 90 valence electrons. The maximum absolute atomic E-state index is 11.3. The summed E-state index contributed by atoms with van der Waals surface area (Å²) in [4.78, 5) is 33.4. The Labute approximate surface area is 91.3 Å². The maximum Gasteiger partial charge on any atom is 0.308 e. The second kappa shape index (κ2) is 4.93. The van der Waals surface area contributed by atoms with Gasteiger partial charge in [0.05, 0.1) is 18.4 Å². The van der Waals surface area contributed by atoms with Gasteiger partial charge in [-0.25, -0.2) is 0 Å². The largest absolute Gasteiger partial charge is 0.481 e. The Bertz CT molecular complexity index is 315. The number of aliphatic hydroxyl groups is 1. The average molecular weight is 231 g/mol. The Kier molecular flexibility index (Phi) is 3.83. The molecule has 0 aromatic heterocycles. The molecule has 0 spiro atoms. The van der Waals surface area contributed by atoms with Gasteiger partial charge >= 0.3 is 11.9 Å². The highest BCUT2D eigenvalue weighted by Gasteiger charge is 2.35. The number of carbonyl (C=O) groups is 3. The number of rotatable bonds is 5. The van der Waals surface area contributed by atoms with Crippen LogP contribution in [0.4, 0.5) is 0 Å². The van der Waals surface area contributed by atoms with Gasteiger partial charge in [0.15, 0.2) is 0 Å². The maximum atomic E-state index is 11.3. The van der Waals surface area contributed by atoms with Crippen molar-refractivity contribution in [3.63, 3.8) is 0 Å². The fourth-order valence-corrected chi connectivity index (χ4v) is 1.63. The molecule has 0 saturated carbocycles. The lowest BCUT2D eigenvalue weighted by molar-refractivity contribution is -0.142. The first-order valence-corrected chi connectivity index (χ1v) is 4.80. The molecule has 0 aromatic rings. The van der Waals surface area contributed by atoms with Crippen molar-refractivity contribution < 1.29 is 29.7 Å². The first kappa shape index (κ1) is 12.4. The molecule has 0 bridgehead atoms. The number of carboxylic acid groups (broad SMARTS) is 2. The van der Waals surface area contributed by atoms with Crippen LogP contribution in [0.5, 0.6) is 0 Å². The normalized spacial score (nSPS) is 22.2. The Hall–Kier alpha value is -1.63. The highest BCUT2D eigenvalue weighted by atomic mass is 16.4. The summed E-state index contributed by atoms with van der Waals surface area (Å²) >= 11 is 0. The van der Waals surface area contributed by atoms with Crippen molar-refractivity contribution in [2.75, 3.05) is 13.1 Å². The Morgan fingerprint density at radius 1 is 1.44 bits per heavy atom. The molecule has 1 rings (SSSR count). The van der Waals surface area contributed by atoms with Gasteiger partial charge in [0.2, 0.25) is 5.91 Å². The molecule has 3 N–H and O–H groups in total. The summed E-state index contributed by atoms with van der Waals surface area (Å²) in [5, 5.41) is 26.4. The van der Waals surface area contributed by atoms with E-state index in [0.717, 1.165) is 0 Å². The molecule has 1 aliphatic rings. The second-order valence-corrected chi connectivity index (χ2v) is 3.79. The van der Waals surface area contributed by atoms with Crippen LogP contribution in [-0.2, 0) is 14.4 Å². The van der Waals surface area contributed by atoms with Crippen LogP contribution in [0.25, 0.3) is 0 Å². The number of amides is 1. The number of aliphatic carboxylic acids is 2. The van der Waals surface area contributed by atoms with Gasteiger partial charge in [0, 0.05) is 19.5 Å². The summed E-state index contributed by atoms with van der Waals surface area (Å²) < 4.78 is 0. The van der Waals surface area contributed by atoms with Crippen molar-refractivity contribution in [3.8, 4) is 0 Å². The van der Waals surface area contributed by atoms with Gasteiger partial charge in [-0.15, -0.1) is 0 Å². The smallest absolute Gasteiger partial charge is 0.308 e. The first-order valence-electron chi connectivity index (χ1n) is 4.80. The van der Waals surface area contributed by atoms with E-state index in [2.05, 4.69) is 0 Å². The molecule has 7 nitrogen and oxygen atoms in total. The quantitative estimate of drug-likeness (QED) is 0.544. The predicted molar refractivity (Wildman–Crippen MR) is 50.6 cm³/mol. The number of nitrogens with zero attached hydrogens (tertiary/aromatic N) is 1. The molecular weight excluding hydrogens is 218 g/mol. The van der Waals surface area contributed by atoms with Crippen molar-refractivity contribution in [2.24, 2.45) is 5.92 Å². The summed E-state index contributed by atoms with van der Waals surface area (Å²) in [5.74, 6) is -3.33. The van der Waals surface area contributed by atoms with E-state index in [-0.39, 0.29) is 25.4 Å². The molecular formula is C9H13NO6. The number of carbonyl (C=O) groups excluding carboxylic acids is 1. The number of hydrogen-bond donors (Lipinski definition) is 3. The van der Waals surface area contributed by atoms with Crippen LogP contribution < -0.4 is 0 Å². The number of carboxylic acids is 2. The summed E-state index contributed by atoms with van der Waals surface area (Å²) in [6.07, 6.45) is -1.70. The SMILES string of the molecule is O=C(O)CC(O)CN1CC(C(=O)O)CC1=O. The number of aliphatic hydroxyl groups excluding tert-OH is 1. The van der Waals surface area contributed by atoms with Crippen molar-refractivity contribution in [1.29, 1.82) is 0 Å². The van der Waals surface area contributed by atoms with Gasteiger partial charge in [-0.1, -0.05) is 0 Å². The van der Waals surface area contributed by atoms with E-state index in [1.54, 1.807) is 0 Å². The van der Waals surface area contributed by atoms with Gasteiger partial charge in [0.25, 0.3) is 0 Å². The van der Waals surface area contributed by atoms with Gasteiger partial charge in [0.1, 0.15) is 0 Å². The molecule has 1 amide bonds. The standard InChI is InChI=1S/C9H13NO6/c11-6(2-8(13)14)4-10-3-5(9(15)16)1-7(10)12/h5-6,11H,1-4H2,(H,13,14)(H,15,16). The summed E-state index contributed by atoms with van der Waals surface area (Å²) in [5.41, 5.74) is 0. The van der Waals surface area contributed by atoms with Gasteiger partial charge < -0.3 is 20.2 Å². The molecule has 1 saturated heterocycles. The zero-order valence-corrected chi connectivity index (χ0v) is 8.50. The lowest BCUT2D eigenvalue weighted by atomic mass is 10.1. The number of hydrogen-bond acceptors (Lipinski definition) is 4. The fourth-order valence-electron chi connectivity index (χ4n) is 1.63. The zero-order valence-electron chi connectivity index (χ0n) is 8.50. The molecule has 7 heteroatoms. The zero-order chi connectivity index (χ0) is 12.3. The van der Waals surface area contributed by atoms with E-state index < -0.39 is 30.4 Å². The van der Waals surface area contributed by atoms with Gasteiger partial charge in [-0.2, -0.15) is 0 Å². The van der Waals surface area contributed by atoms with Crippen LogP contribution in [0.15, 0.2) is 0 Å². The van der Waals surface area contributed by atoms with Crippen LogP contribution in [0.3, 0.4) is 0 Å². The first-order chi connectivity index (χ1) is 7.40. The van der Waals surface area contributed by atoms with E-state index in [0.29, 0.717) is 0 Å². The molecule has 1 heterocycles. The highest BCUT2D eigenvalue weighted by Crippen LogP contribution is 2.18. The summed E-state index contributed by atoms with van der Waals surface area (Å²) in [7, 11) is 0. The van der Waals surface area contributed by atoms with Crippen LogP contribution >= 0.6 is 0 Å². The van der Waals surface area contributed by atoms with Crippen LogP contribution in [-0.4, -0.2) is 57.3 Å². The van der Waals surface area contributed by atoms with Crippen molar-refractivity contribution in [1.82, 2.24) is 4.90 Å². The number of likely N-dealkylation sites (tertiary alicyclic amines) is 1. The van der Waals surface area contributed by atoms with Crippen LogP contribution in [0.2, 0.25) is 0 Å². The van der Waals surface area contributed by atoms with E-state index >= 15 is 0 Å². The highest BCUT2D eigenvalue weighted by molar-refractivity contribution is 5.86. The Morgan fingerprint density at radius 2 is 2.06 bits per heavy atom. The van der Waals surface area contributed by atoms with E-state index in [4.69, 9.17) is 10.2 Å². The molecule has 2 atom stereocenters. The third-order valence-electron chi connectivity index (χ3n) is 2.41. The Balaban J connectivity index is 2.46. The minimum atomic E-state index is -1.16. The van der Waals surface area contributed by atoms with Gasteiger partial charge in [-0.3, -0.25) is 14.4 Å². The van der Waals surface area contributed by atoms with Crippen molar-refractivity contribution >= 4 is 17.8 Å². The average Bonchev–Trinajstić information content (AvgIpc) is 2.46. The topological polar surface area (TPSA) is 115 Å². The molecule has 0 aromatic carbocycles. The van der Waals surface area contributed by atoms with E-state index in [1.807, 2.05) is 0 Å². The van der Waals surface area contributed by atoms with Gasteiger partial charge in [-0.05, 0) is 0 Å². The lowest BCUT2D eigenvalue weighted by Crippen LogP contribution is -2.35. The molecule has 1 aliphatic heterocycles. The van der Waals surface area contributed by atoms with Crippen molar-refractivity contribution in [2.45, 2.75) is 18.9 Å². The predicted octanol–water partition coefficient (Wildman–Crippen LogP) is -1.24. The second-order valence-electron chi connectivity index (χ2n) is 3.79. The summed E-state index contributed by atoms with van der Waals surface area (Å²) in [6.45, 7) is -0.0975. The monoisotopic (exact) mass is 231 g/mol. The molecule has 0 aliphatic carbocycles. The molecule has 1 fully saturated rings.